The first-order valence-electron chi connectivity index (χ1n) is 14.3. The number of para-hydroxylation sites is 1. The summed E-state index contributed by atoms with van der Waals surface area (Å²) in [7, 11) is -3.63. The third kappa shape index (κ3) is 6.66. The molecular weight excluding hydrogens is 573 g/mol. The highest BCUT2D eigenvalue weighted by Gasteiger charge is 2.32. The molecule has 0 spiro atoms. The van der Waals surface area contributed by atoms with Crippen molar-refractivity contribution in [1.29, 1.82) is 0 Å². The number of unbranched alkanes of at least 4 members (excludes halogenated alkanes) is 3. The van der Waals surface area contributed by atoms with Crippen LogP contribution in [0.2, 0.25) is 0 Å². The van der Waals surface area contributed by atoms with Gasteiger partial charge in [0.15, 0.2) is 0 Å². The van der Waals surface area contributed by atoms with Gasteiger partial charge in [0.05, 0.1) is 15.5 Å². The van der Waals surface area contributed by atoms with E-state index in [1.807, 2.05) is 48.7 Å². The fourth-order valence-corrected chi connectivity index (χ4v) is 7.95. The van der Waals surface area contributed by atoms with E-state index >= 15 is 0 Å². The van der Waals surface area contributed by atoms with Crippen LogP contribution >= 0.6 is 24.0 Å². The molecule has 10 heteroatoms. The number of thiocarbonyl (C=S) groups is 1. The summed E-state index contributed by atoms with van der Waals surface area (Å²) in [6.45, 7) is 6.00. The molecule has 2 saturated heterocycles. The van der Waals surface area contributed by atoms with E-state index in [-0.39, 0.29) is 10.8 Å². The first-order valence-corrected chi connectivity index (χ1v) is 17.0. The van der Waals surface area contributed by atoms with E-state index in [9.17, 15) is 13.2 Å². The monoisotopic (exact) mass is 608 g/mol. The molecule has 2 aliphatic rings. The Morgan fingerprint density at radius 1 is 1.05 bits per heavy atom. The average molecular weight is 609 g/mol. The summed E-state index contributed by atoms with van der Waals surface area (Å²) in [5.74, 6) is 0.437. The number of nitrogens with zero attached hydrogens (tertiary/aromatic N) is 4. The van der Waals surface area contributed by atoms with Crippen LogP contribution in [0.3, 0.4) is 0 Å². The molecule has 0 N–H and O–H groups in total. The second kappa shape index (κ2) is 13.0. The number of carbonyl (C=O) groups is 1. The Morgan fingerprint density at radius 3 is 2.54 bits per heavy atom. The van der Waals surface area contributed by atoms with E-state index < -0.39 is 10.0 Å². The number of thioether (sulfide) groups is 1. The molecule has 7 nitrogen and oxygen atoms in total. The highest BCUT2D eigenvalue weighted by atomic mass is 32.2. The smallest absolute Gasteiger partial charge is 0.266 e. The lowest BCUT2D eigenvalue weighted by Crippen LogP contribution is -2.37. The normalized spacial score (nSPS) is 18.1. The van der Waals surface area contributed by atoms with Gasteiger partial charge in [0, 0.05) is 37.0 Å². The quantitative estimate of drug-likeness (QED) is 0.144. The van der Waals surface area contributed by atoms with Crippen molar-refractivity contribution in [2.75, 3.05) is 19.6 Å². The Balaban J connectivity index is 1.50. The summed E-state index contributed by atoms with van der Waals surface area (Å²) in [5.41, 5.74) is 2.86. The van der Waals surface area contributed by atoms with E-state index in [0.717, 1.165) is 49.8 Å². The Kier molecular flexibility index (Phi) is 9.43. The lowest BCUT2D eigenvalue weighted by Gasteiger charge is -2.29. The van der Waals surface area contributed by atoms with Gasteiger partial charge in [-0.15, -0.1) is 0 Å². The van der Waals surface area contributed by atoms with Gasteiger partial charge in [-0.05, 0) is 55.5 Å². The van der Waals surface area contributed by atoms with E-state index in [1.165, 1.54) is 11.8 Å². The van der Waals surface area contributed by atoms with Crippen LogP contribution in [0.4, 0.5) is 0 Å². The molecule has 41 heavy (non-hydrogen) atoms. The van der Waals surface area contributed by atoms with Gasteiger partial charge in [-0.25, -0.2) is 13.1 Å². The zero-order chi connectivity index (χ0) is 29.0. The van der Waals surface area contributed by atoms with Gasteiger partial charge >= 0.3 is 0 Å². The number of amides is 1. The predicted octanol–water partition coefficient (Wildman–Crippen LogP) is 6.74. The molecular formula is C31H36N4O3S3. The molecule has 1 aromatic heterocycles. The minimum absolute atomic E-state index is 0.0921. The lowest BCUT2D eigenvalue weighted by atomic mass is 10.0. The van der Waals surface area contributed by atoms with Crippen LogP contribution in [0.15, 0.2) is 70.6 Å². The summed E-state index contributed by atoms with van der Waals surface area (Å²) in [6.07, 6.45) is 9.69. The Bertz CT molecular complexity index is 1540. The van der Waals surface area contributed by atoms with Crippen molar-refractivity contribution >= 4 is 50.3 Å². The van der Waals surface area contributed by atoms with Crippen molar-refractivity contribution < 1.29 is 13.2 Å². The Labute approximate surface area is 252 Å². The van der Waals surface area contributed by atoms with Crippen molar-refractivity contribution in [2.24, 2.45) is 5.92 Å². The maximum atomic E-state index is 13.5. The maximum Gasteiger partial charge on any atom is 0.266 e. The van der Waals surface area contributed by atoms with E-state index in [0.29, 0.717) is 46.0 Å². The largest absolute Gasteiger partial charge is 0.293 e. The van der Waals surface area contributed by atoms with Crippen LogP contribution < -0.4 is 0 Å². The van der Waals surface area contributed by atoms with Crippen molar-refractivity contribution in [3.05, 3.63) is 71.3 Å². The first-order chi connectivity index (χ1) is 19.8. The molecule has 216 valence electrons. The molecule has 3 heterocycles. The molecule has 2 aliphatic heterocycles. The van der Waals surface area contributed by atoms with Crippen molar-refractivity contribution in [3.8, 4) is 16.9 Å². The van der Waals surface area contributed by atoms with Gasteiger partial charge in [-0.2, -0.15) is 9.40 Å². The highest BCUT2D eigenvalue weighted by Crippen LogP contribution is 2.36. The molecule has 0 atom stereocenters. The average Bonchev–Trinajstić information content (AvgIpc) is 3.52. The summed E-state index contributed by atoms with van der Waals surface area (Å²) >= 11 is 6.86. The molecule has 5 rings (SSSR count). The van der Waals surface area contributed by atoms with Crippen LogP contribution in [0, 0.1) is 5.92 Å². The number of rotatable bonds is 10. The van der Waals surface area contributed by atoms with Crippen LogP contribution in [0.1, 0.15) is 57.9 Å². The van der Waals surface area contributed by atoms with Crippen LogP contribution in [-0.2, 0) is 14.8 Å². The van der Waals surface area contributed by atoms with Crippen LogP contribution in [0.5, 0.6) is 0 Å². The summed E-state index contributed by atoms with van der Waals surface area (Å²) < 4.78 is 31.0. The Morgan fingerprint density at radius 2 is 1.80 bits per heavy atom. The van der Waals surface area contributed by atoms with Gasteiger partial charge in [-0.1, -0.05) is 87.4 Å². The van der Waals surface area contributed by atoms with E-state index in [4.69, 9.17) is 17.3 Å². The highest BCUT2D eigenvalue weighted by molar-refractivity contribution is 8.26. The third-order valence-corrected chi connectivity index (χ3v) is 10.9. The fraction of sp³-hybridized carbons (Fsp3) is 0.387. The second-order valence-corrected chi connectivity index (χ2v) is 14.3. The number of hydrogen-bond donors (Lipinski definition) is 0. The van der Waals surface area contributed by atoms with Crippen LogP contribution in [-0.4, -0.2) is 57.3 Å². The predicted molar refractivity (Wildman–Crippen MR) is 170 cm³/mol. The molecule has 2 aromatic carbocycles. The molecule has 1 amide bonds. The van der Waals surface area contributed by atoms with Crippen LogP contribution in [0.25, 0.3) is 23.0 Å². The van der Waals surface area contributed by atoms with Crippen molar-refractivity contribution in [1.82, 2.24) is 19.0 Å². The number of aromatic nitrogens is 2. The van der Waals surface area contributed by atoms with Gasteiger partial charge < -0.3 is 0 Å². The molecule has 0 radical (unpaired) electrons. The first kappa shape index (κ1) is 29.7. The number of benzene rings is 2. The van der Waals surface area contributed by atoms with E-state index in [1.54, 1.807) is 32.1 Å². The molecule has 0 bridgehead atoms. The van der Waals surface area contributed by atoms with Gasteiger partial charge in [0.1, 0.15) is 10.0 Å². The number of carbonyl (C=O) groups excluding carboxylic acids is 1. The fourth-order valence-electron chi connectivity index (χ4n) is 5.14. The molecule has 0 saturated carbocycles. The minimum Gasteiger partial charge on any atom is -0.293 e. The van der Waals surface area contributed by atoms with E-state index in [2.05, 4.69) is 13.8 Å². The number of hydrogen-bond acceptors (Lipinski definition) is 6. The summed E-state index contributed by atoms with van der Waals surface area (Å²) in [5, 5.41) is 4.87. The summed E-state index contributed by atoms with van der Waals surface area (Å²) in [4.78, 5) is 15.8. The van der Waals surface area contributed by atoms with Gasteiger partial charge in [-0.3, -0.25) is 9.69 Å². The molecule has 3 aromatic rings. The molecule has 0 unspecified atom stereocenters. The minimum atomic E-state index is -3.63. The number of piperidine rings is 1. The number of sulfonamides is 1. The van der Waals surface area contributed by atoms with Gasteiger partial charge in [0.25, 0.3) is 5.91 Å². The Hall–Kier alpha value is -2.79. The zero-order valence-electron chi connectivity index (χ0n) is 23.5. The topological polar surface area (TPSA) is 75.5 Å². The molecule has 2 fully saturated rings. The second-order valence-electron chi connectivity index (χ2n) is 10.7. The SMILES string of the molecule is CCCCCCN1C(=O)/C(=C/c2cn(-c3ccccc3)nc2-c2cccc(S(=O)(=O)N3CCC(C)CC3)c2)SC1=S. The third-order valence-electron chi connectivity index (χ3n) is 7.65. The van der Waals surface area contributed by atoms with Gasteiger partial charge in [0.2, 0.25) is 10.0 Å². The standard InChI is InChI=1S/C31H36N4O3S3/c1-3-4-5-9-17-34-30(36)28(40-31(34)39)21-25-22-35(26-12-7-6-8-13-26)32-29(25)24-11-10-14-27(20-24)41(37,38)33-18-15-23(2)16-19-33/h6-8,10-14,20-23H,3-5,9,15-19H2,1-2H3/b28-21-. The summed E-state index contributed by atoms with van der Waals surface area (Å²) in [6, 6.07) is 16.7. The van der Waals surface area contributed by atoms with Crippen molar-refractivity contribution in [3.63, 3.8) is 0 Å². The molecule has 0 aliphatic carbocycles. The zero-order valence-corrected chi connectivity index (χ0v) is 26.0. The maximum absolute atomic E-state index is 13.5. The van der Waals surface area contributed by atoms with Crippen molar-refractivity contribution in [2.45, 2.75) is 57.3 Å². The lowest BCUT2D eigenvalue weighted by molar-refractivity contribution is -0.122.